The second-order valence-corrected chi connectivity index (χ2v) is 13.5. The molecule has 0 saturated heterocycles. The van der Waals surface area contributed by atoms with E-state index < -0.39 is 21.7 Å². The van der Waals surface area contributed by atoms with E-state index in [1.165, 1.54) is 11.3 Å². The quantitative estimate of drug-likeness (QED) is 0.449. The number of halogens is 1. The molecule has 0 aliphatic heterocycles. The first-order valence-corrected chi connectivity index (χ1v) is 14.2. The third kappa shape index (κ3) is 6.35. The Kier molecular flexibility index (Phi) is 7.93. The molecule has 1 aliphatic rings. The SMILES string of the molecule is CC(C)N(C(=O)O)C1CCC(c2ncc(-c3ccc(Br)cc3S(=O)(=O)NC(C)(C)C)s2)CC1. The molecule has 0 radical (unpaired) electrons. The molecule has 1 aromatic heterocycles. The zero-order chi connectivity index (χ0) is 24.6. The Morgan fingerprint density at radius 2 is 1.88 bits per heavy atom. The van der Waals surface area contributed by atoms with Crippen LogP contribution in [0.1, 0.15) is 71.2 Å². The van der Waals surface area contributed by atoms with Gasteiger partial charge in [0.1, 0.15) is 0 Å². The van der Waals surface area contributed by atoms with Crippen molar-refractivity contribution < 1.29 is 18.3 Å². The van der Waals surface area contributed by atoms with Crippen LogP contribution in [-0.4, -0.2) is 47.1 Å². The summed E-state index contributed by atoms with van der Waals surface area (Å²) in [5.74, 6) is 0.256. The van der Waals surface area contributed by atoms with E-state index in [4.69, 9.17) is 0 Å². The number of hydrogen-bond donors (Lipinski definition) is 2. The number of rotatable bonds is 6. The molecule has 2 aromatic rings. The fraction of sp³-hybridized carbons (Fsp3) is 0.565. The van der Waals surface area contributed by atoms with Crippen LogP contribution in [0.3, 0.4) is 0 Å². The van der Waals surface area contributed by atoms with Gasteiger partial charge in [-0.05, 0) is 72.4 Å². The standard InChI is InChI=1S/C23H32BrN3O4S2/c1-14(2)27(22(28)29)17-9-6-15(7-10-17)21-25-13-19(32-21)18-11-8-16(24)12-20(18)33(30,31)26-23(3,4)5/h8,11-15,17,26H,6-7,9-10H2,1-5H3,(H,28,29). The van der Waals surface area contributed by atoms with Crippen LogP contribution in [0.4, 0.5) is 4.79 Å². The number of aromatic nitrogens is 1. The van der Waals surface area contributed by atoms with Crippen LogP contribution in [0.5, 0.6) is 0 Å². The molecule has 2 N–H and O–H groups in total. The van der Waals surface area contributed by atoms with Crippen LogP contribution < -0.4 is 4.72 Å². The lowest BCUT2D eigenvalue weighted by Gasteiger charge is -2.37. The Labute approximate surface area is 208 Å². The van der Waals surface area contributed by atoms with E-state index in [1.807, 2.05) is 46.8 Å². The van der Waals surface area contributed by atoms with Crippen LogP contribution in [0, 0.1) is 0 Å². The van der Waals surface area contributed by atoms with E-state index in [0.717, 1.165) is 35.6 Å². The van der Waals surface area contributed by atoms with E-state index in [-0.39, 0.29) is 22.9 Å². The molecule has 0 unspecified atom stereocenters. The topological polar surface area (TPSA) is 99.6 Å². The van der Waals surface area contributed by atoms with Crippen LogP contribution in [0.15, 0.2) is 33.8 Å². The van der Waals surface area contributed by atoms with E-state index in [2.05, 4.69) is 25.6 Å². The van der Waals surface area contributed by atoms with Crippen LogP contribution >= 0.6 is 27.3 Å². The molecule has 1 heterocycles. The van der Waals surface area contributed by atoms with Gasteiger partial charge in [0.2, 0.25) is 10.0 Å². The molecule has 1 aromatic carbocycles. The largest absolute Gasteiger partial charge is 0.465 e. The number of amides is 1. The van der Waals surface area contributed by atoms with Crippen molar-refractivity contribution in [3.63, 3.8) is 0 Å². The third-order valence-corrected chi connectivity index (χ3v) is 9.16. The lowest BCUT2D eigenvalue weighted by Crippen LogP contribution is -2.45. The summed E-state index contributed by atoms with van der Waals surface area (Å²) in [5.41, 5.74) is 0.0275. The normalized spacial score (nSPS) is 19.6. The maximum Gasteiger partial charge on any atom is 0.407 e. The Bertz CT molecular complexity index is 1100. The van der Waals surface area contributed by atoms with Gasteiger partial charge in [-0.3, -0.25) is 0 Å². The minimum atomic E-state index is -3.73. The predicted molar refractivity (Wildman–Crippen MR) is 135 cm³/mol. The van der Waals surface area contributed by atoms with Gasteiger partial charge in [-0.15, -0.1) is 11.3 Å². The van der Waals surface area contributed by atoms with Gasteiger partial charge >= 0.3 is 6.09 Å². The summed E-state index contributed by atoms with van der Waals surface area (Å²) >= 11 is 4.92. The van der Waals surface area contributed by atoms with Gasteiger partial charge in [0.25, 0.3) is 0 Å². The van der Waals surface area contributed by atoms with E-state index in [9.17, 15) is 18.3 Å². The molecule has 33 heavy (non-hydrogen) atoms. The van der Waals surface area contributed by atoms with Gasteiger partial charge in [0.05, 0.1) is 14.8 Å². The van der Waals surface area contributed by atoms with Crippen molar-refractivity contribution in [3.8, 4) is 10.4 Å². The van der Waals surface area contributed by atoms with Crippen molar-refractivity contribution in [3.05, 3.63) is 33.9 Å². The Hall–Kier alpha value is -1.49. The number of nitrogens with one attached hydrogen (secondary N) is 1. The zero-order valence-corrected chi connectivity index (χ0v) is 22.8. The molecule has 3 rings (SSSR count). The zero-order valence-electron chi connectivity index (χ0n) is 19.6. The predicted octanol–water partition coefficient (Wildman–Crippen LogP) is 6.06. The number of carbonyl (C=O) groups is 1. The van der Waals surface area contributed by atoms with Gasteiger partial charge < -0.3 is 10.0 Å². The molecule has 10 heteroatoms. The number of thiazole rings is 1. The molecule has 0 spiro atoms. The molecule has 7 nitrogen and oxygen atoms in total. The highest BCUT2D eigenvalue weighted by atomic mass is 79.9. The average molecular weight is 559 g/mol. The first kappa shape index (κ1) is 26.1. The molecule has 0 atom stereocenters. The molecular weight excluding hydrogens is 526 g/mol. The van der Waals surface area contributed by atoms with Gasteiger partial charge in [-0.1, -0.05) is 22.0 Å². The number of nitrogens with zero attached hydrogens (tertiary/aromatic N) is 2. The van der Waals surface area contributed by atoms with Gasteiger partial charge in [0, 0.05) is 39.8 Å². The summed E-state index contributed by atoms with van der Waals surface area (Å²) in [5, 5.41) is 10.5. The van der Waals surface area contributed by atoms with Gasteiger partial charge in [-0.25, -0.2) is 22.9 Å². The van der Waals surface area contributed by atoms with E-state index in [0.29, 0.717) is 10.0 Å². The minimum Gasteiger partial charge on any atom is -0.465 e. The monoisotopic (exact) mass is 557 g/mol. The van der Waals surface area contributed by atoms with Crippen molar-refractivity contribution in [2.75, 3.05) is 0 Å². The fourth-order valence-electron chi connectivity index (χ4n) is 4.38. The fourth-order valence-corrected chi connectivity index (χ4v) is 7.75. The third-order valence-electron chi connectivity index (χ3n) is 5.68. The molecule has 1 amide bonds. The Balaban J connectivity index is 1.83. The Morgan fingerprint density at radius 3 is 2.42 bits per heavy atom. The lowest BCUT2D eigenvalue weighted by atomic mass is 9.85. The van der Waals surface area contributed by atoms with Crippen molar-refractivity contribution >= 4 is 43.4 Å². The summed E-state index contributed by atoms with van der Waals surface area (Å²) in [4.78, 5) is 18.9. The summed E-state index contributed by atoms with van der Waals surface area (Å²) in [6.45, 7) is 9.26. The van der Waals surface area contributed by atoms with Crippen molar-refractivity contribution in [2.24, 2.45) is 0 Å². The minimum absolute atomic E-state index is 0.0323. The highest BCUT2D eigenvalue weighted by Gasteiger charge is 2.32. The molecule has 0 bridgehead atoms. The van der Waals surface area contributed by atoms with Crippen molar-refractivity contribution in [1.29, 1.82) is 0 Å². The molecule has 182 valence electrons. The molecular formula is C23H32BrN3O4S2. The molecule has 1 saturated carbocycles. The van der Waals surface area contributed by atoms with E-state index in [1.54, 1.807) is 17.2 Å². The maximum absolute atomic E-state index is 13.1. The van der Waals surface area contributed by atoms with Crippen molar-refractivity contribution in [2.45, 2.75) is 88.7 Å². The molecule has 1 fully saturated rings. The van der Waals surface area contributed by atoms with E-state index >= 15 is 0 Å². The summed E-state index contributed by atoms with van der Waals surface area (Å²) in [6, 6.07) is 5.26. The average Bonchev–Trinajstić information content (AvgIpc) is 3.16. The van der Waals surface area contributed by atoms with Gasteiger partial charge in [0.15, 0.2) is 0 Å². The maximum atomic E-state index is 13.1. The van der Waals surface area contributed by atoms with Gasteiger partial charge in [-0.2, -0.15) is 0 Å². The lowest BCUT2D eigenvalue weighted by molar-refractivity contribution is 0.0906. The summed E-state index contributed by atoms with van der Waals surface area (Å²) in [7, 11) is -3.73. The number of sulfonamides is 1. The van der Waals surface area contributed by atoms with Crippen LogP contribution in [-0.2, 0) is 10.0 Å². The Morgan fingerprint density at radius 1 is 1.24 bits per heavy atom. The highest BCUT2D eigenvalue weighted by molar-refractivity contribution is 9.10. The number of carboxylic acid groups (broad SMARTS) is 1. The number of hydrogen-bond acceptors (Lipinski definition) is 5. The second kappa shape index (κ2) is 10.0. The first-order valence-electron chi connectivity index (χ1n) is 11.1. The molecule has 1 aliphatic carbocycles. The second-order valence-electron chi connectivity index (χ2n) is 9.85. The number of benzene rings is 1. The van der Waals surface area contributed by atoms with Crippen LogP contribution in [0.2, 0.25) is 0 Å². The summed E-state index contributed by atoms with van der Waals surface area (Å²) < 4.78 is 29.7. The van der Waals surface area contributed by atoms with Crippen molar-refractivity contribution in [1.82, 2.24) is 14.6 Å². The smallest absolute Gasteiger partial charge is 0.407 e. The highest BCUT2D eigenvalue weighted by Crippen LogP contribution is 2.41. The summed E-state index contributed by atoms with van der Waals surface area (Å²) in [6.07, 6.45) is 4.23. The van der Waals surface area contributed by atoms with Crippen LogP contribution in [0.25, 0.3) is 10.4 Å². The first-order chi connectivity index (χ1) is 15.3.